The number of aliphatic carboxylic acids is 1. The standard InChI is InChI=1S/C13H25NO4/c1-10(2)4-6-17-7-5-14(3)12-9-18-8-11(12)13(15)16/h10-12H,4-9H2,1-3H3,(H,15,16). The zero-order valence-electron chi connectivity index (χ0n) is 11.6. The van der Waals surface area contributed by atoms with Crippen molar-refractivity contribution >= 4 is 5.97 Å². The normalized spacial score (nSPS) is 24.1. The van der Waals surface area contributed by atoms with Crippen LogP contribution in [0.4, 0.5) is 0 Å². The molecule has 5 heteroatoms. The first-order chi connectivity index (χ1) is 8.52. The first-order valence-corrected chi connectivity index (χ1v) is 6.61. The molecule has 0 saturated carbocycles. The third-order valence-electron chi connectivity index (χ3n) is 3.36. The molecule has 1 aliphatic rings. The fourth-order valence-electron chi connectivity index (χ4n) is 2.01. The first kappa shape index (κ1) is 15.4. The van der Waals surface area contributed by atoms with Crippen LogP contribution in [0.1, 0.15) is 20.3 Å². The lowest BCUT2D eigenvalue weighted by molar-refractivity contribution is -0.143. The van der Waals surface area contributed by atoms with Gasteiger partial charge in [0.05, 0.1) is 25.7 Å². The summed E-state index contributed by atoms with van der Waals surface area (Å²) in [5.41, 5.74) is 0. The van der Waals surface area contributed by atoms with E-state index in [-0.39, 0.29) is 6.04 Å². The Morgan fingerprint density at radius 1 is 1.44 bits per heavy atom. The second-order valence-corrected chi connectivity index (χ2v) is 5.33. The molecule has 0 spiro atoms. The van der Waals surface area contributed by atoms with Crippen molar-refractivity contribution in [2.75, 3.05) is 40.0 Å². The molecule has 5 nitrogen and oxygen atoms in total. The summed E-state index contributed by atoms with van der Waals surface area (Å²) in [6, 6.07) is -0.0313. The number of carboxylic acid groups (broad SMARTS) is 1. The molecule has 18 heavy (non-hydrogen) atoms. The van der Waals surface area contributed by atoms with Crippen molar-refractivity contribution in [1.82, 2.24) is 4.90 Å². The Morgan fingerprint density at radius 3 is 2.78 bits per heavy atom. The van der Waals surface area contributed by atoms with Crippen LogP contribution in [-0.2, 0) is 14.3 Å². The Bertz CT molecular complexity index is 257. The lowest BCUT2D eigenvalue weighted by Crippen LogP contribution is -2.42. The van der Waals surface area contributed by atoms with Crippen molar-refractivity contribution < 1.29 is 19.4 Å². The van der Waals surface area contributed by atoms with Gasteiger partial charge in [-0.15, -0.1) is 0 Å². The lowest BCUT2D eigenvalue weighted by atomic mass is 10.0. The average Bonchev–Trinajstić information content (AvgIpc) is 2.76. The predicted octanol–water partition coefficient (Wildman–Crippen LogP) is 1.08. The van der Waals surface area contributed by atoms with Crippen LogP contribution in [0, 0.1) is 11.8 Å². The van der Waals surface area contributed by atoms with E-state index >= 15 is 0 Å². The molecule has 2 atom stereocenters. The molecule has 2 unspecified atom stereocenters. The maximum absolute atomic E-state index is 11.0. The van der Waals surface area contributed by atoms with E-state index < -0.39 is 11.9 Å². The molecule has 0 aromatic rings. The Labute approximate surface area is 109 Å². The zero-order valence-corrected chi connectivity index (χ0v) is 11.6. The Balaban J connectivity index is 2.19. The molecule has 0 aliphatic carbocycles. The van der Waals surface area contributed by atoms with Crippen molar-refractivity contribution in [1.29, 1.82) is 0 Å². The number of hydrogen-bond donors (Lipinski definition) is 1. The van der Waals surface area contributed by atoms with Crippen molar-refractivity contribution in [3.63, 3.8) is 0 Å². The van der Waals surface area contributed by atoms with Crippen molar-refractivity contribution in [3.05, 3.63) is 0 Å². The van der Waals surface area contributed by atoms with Gasteiger partial charge in [0.2, 0.25) is 0 Å². The molecular weight excluding hydrogens is 234 g/mol. The van der Waals surface area contributed by atoms with Crippen molar-refractivity contribution in [3.8, 4) is 0 Å². The van der Waals surface area contributed by atoms with Crippen LogP contribution in [0.5, 0.6) is 0 Å². The summed E-state index contributed by atoms with van der Waals surface area (Å²) >= 11 is 0. The second-order valence-electron chi connectivity index (χ2n) is 5.33. The van der Waals surface area contributed by atoms with Gasteiger partial charge in [0, 0.05) is 19.2 Å². The average molecular weight is 259 g/mol. The fourth-order valence-corrected chi connectivity index (χ4v) is 2.01. The van der Waals surface area contributed by atoms with Gasteiger partial charge in [0.15, 0.2) is 0 Å². The highest BCUT2D eigenvalue weighted by atomic mass is 16.5. The van der Waals surface area contributed by atoms with Crippen LogP contribution < -0.4 is 0 Å². The Morgan fingerprint density at radius 2 is 2.17 bits per heavy atom. The minimum Gasteiger partial charge on any atom is -0.481 e. The van der Waals surface area contributed by atoms with Crippen LogP contribution in [-0.4, -0.2) is 62.0 Å². The molecule has 1 saturated heterocycles. The van der Waals surface area contributed by atoms with Crippen LogP contribution >= 0.6 is 0 Å². The molecule has 1 fully saturated rings. The molecule has 0 amide bonds. The van der Waals surface area contributed by atoms with Gasteiger partial charge in [0.25, 0.3) is 0 Å². The summed E-state index contributed by atoms with van der Waals surface area (Å²) < 4.78 is 10.8. The molecule has 0 aromatic carbocycles. The monoisotopic (exact) mass is 259 g/mol. The van der Waals surface area contributed by atoms with Gasteiger partial charge >= 0.3 is 5.97 Å². The largest absolute Gasteiger partial charge is 0.481 e. The Hall–Kier alpha value is -0.650. The summed E-state index contributed by atoms with van der Waals surface area (Å²) in [7, 11) is 1.93. The smallest absolute Gasteiger partial charge is 0.310 e. The van der Waals surface area contributed by atoms with E-state index in [0.717, 1.165) is 19.6 Å². The van der Waals surface area contributed by atoms with Crippen LogP contribution in [0.3, 0.4) is 0 Å². The van der Waals surface area contributed by atoms with Gasteiger partial charge in [-0.1, -0.05) is 13.8 Å². The number of likely N-dealkylation sites (N-methyl/N-ethyl adjacent to an activating group) is 1. The number of hydrogen-bond acceptors (Lipinski definition) is 4. The third-order valence-corrected chi connectivity index (χ3v) is 3.36. The van der Waals surface area contributed by atoms with Gasteiger partial charge in [-0.25, -0.2) is 0 Å². The molecule has 0 aromatic heterocycles. The third kappa shape index (κ3) is 4.92. The first-order valence-electron chi connectivity index (χ1n) is 6.61. The number of carbonyl (C=O) groups is 1. The van der Waals surface area contributed by atoms with Crippen molar-refractivity contribution in [2.24, 2.45) is 11.8 Å². The number of carboxylic acids is 1. The number of rotatable bonds is 8. The minimum absolute atomic E-state index is 0.0313. The van der Waals surface area contributed by atoms with Crippen LogP contribution in [0.2, 0.25) is 0 Å². The second kappa shape index (κ2) is 7.71. The highest BCUT2D eigenvalue weighted by Gasteiger charge is 2.36. The molecule has 0 radical (unpaired) electrons. The van der Waals surface area contributed by atoms with E-state index in [1.54, 1.807) is 0 Å². The SMILES string of the molecule is CC(C)CCOCCN(C)C1COCC1C(=O)O. The molecule has 1 rings (SSSR count). The summed E-state index contributed by atoms with van der Waals surface area (Å²) in [4.78, 5) is 13.1. The summed E-state index contributed by atoms with van der Waals surface area (Å²) in [6.45, 7) is 7.32. The highest BCUT2D eigenvalue weighted by Crippen LogP contribution is 2.18. The molecule has 1 aliphatic heterocycles. The highest BCUT2D eigenvalue weighted by molar-refractivity contribution is 5.71. The van der Waals surface area contributed by atoms with Gasteiger partial charge in [-0.05, 0) is 19.4 Å². The van der Waals surface area contributed by atoms with Crippen LogP contribution in [0.25, 0.3) is 0 Å². The van der Waals surface area contributed by atoms with Crippen molar-refractivity contribution in [2.45, 2.75) is 26.3 Å². The maximum Gasteiger partial charge on any atom is 0.310 e. The maximum atomic E-state index is 11.0. The number of nitrogens with zero attached hydrogens (tertiary/aromatic N) is 1. The van der Waals surface area contributed by atoms with E-state index in [2.05, 4.69) is 13.8 Å². The van der Waals surface area contributed by atoms with E-state index in [0.29, 0.717) is 25.7 Å². The topological polar surface area (TPSA) is 59.0 Å². The van der Waals surface area contributed by atoms with E-state index in [4.69, 9.17) is 14.6 Å². The Kier molecular flexibility index (Phi) is 6.60. The molecule has 0 bridgehead atoms. The summed E-state index contributed by atoms with van der Waals surface area (Å²) in [5, 5.41) is 9.07. The minimum atomic E-state index is -0.773. The number of ether oxygens (including phenoxy) is 2. The zero-order chi connectivity index (χ0) is 13.5. The van der Waals surface area contributed by atoms with Crippen LogP contribution in [0.15, 0.2) is 0 Å². The molecule has 1 N–H and O–H groups in total. The van der Waals surface area contributed by atoms with Gasteiger partial charge < -0.3 is 14.6 Å². The van der Waals surface area contributed by atoms with Gasteiger partial charge in [-0.3, -0.25) is 9.69 Å². The van der Waals surface area contributed by atoms with E-state index in [9.17, 15) is 4.79 Å². The van der Waals surface area contributed by atoms with Gasteiger partial charge in [0.1, 0.15) is 0 Å². The quantitative estimate of drug-likeness (QED) is 0.661. The molecule has 106 valence electrons. The summed E-state index contributed by atoms with van der Waals surface area (Å²) in [5.74, 6) is -0.530. The predicted molar refractivity (Wildman–Crippen MR) is 68.6 cm³/mol. The van der Waals surface area contributed by atoms with E-state index in [1.165, 1.54) is 0 Å². The van der Waals surface area contributed by atoms with E-state index in [1.807, 2.05) is 11.9 Å². The molecule has 1 heterocycles. The lowest BCUT2D eigenvalue weighted by Gasteiger charge is -2.25. The van der Waals surface area contributed by atoms with Gasteiger partial charge in [-0.2, -0.15) is 0 Å². The fraction of sp³-hybridized carbons (Fsp3) is 0.923. The summed E-state index contributed by atoms with van der Waals surface area (Å²) in [6.07, 6.45) is 1.06. The molecular formula is C13H25NO4.